The zero-order chi connectivity index (χ0) is 26.3. The summed E-state index contributed by atoms with van der Waals surface area (Å²) in [6, 6.07) is 12.2. The third kappa shape index (κ3) is 4.02. The monoisotopic (exact) mass is 504 g/mol. The molecule has 3 heterocycles. The van der Waals surface area contributed by atoms with Crippen molar-refractivity contribution in [3.63, 3.8) is 0 Å². The molecule has 0 bridgehead atoms. The number of benzene rings is 2. The molecule has 37 heavy (non-hydrogen) atoms. The second-order valence-corrected chi connectivity index (χ2v) is 9.18. The van der Waals surface area contributed by atoms with Crippen molar-refractivity contribution in [3.05, 3.63) is 77.9 Å². The molecule has 2 amide bonds. The molecule has 5 rings (SSSR count). The number of aromatic nitrogens is 2. The van der Waals surface area contributed by atoms with Crippen LogP contribution in [-0.2, 0) is 32.0 Å². The van der Waals surface area contributed by atoms with Gasteiger partial charge >= 0.3 is 11.9 Å². The highest BCUT2D eigenvalue weighted by atomic mass is 16.5. The summed E-state index contributed by atoms with van der Waals surface area (Å²) < 4.78 is 5.22. The molecular weight excluding hydrogens is 480 g/mol. The van der Waals surface area contributed by atoms with Crippen LogP contribution in [0.2, 0.25) is 0 Å². The smallest absolute Gasteiger partial charge is 0.325 e. The van der Waals surface area contributed by atoms with Crippen LogP contribution >= 0.6 is 0 Å². The van der Waals surface area contributed by atoms with Gasteiger partial charge in [0.05, 0.1) is 37.4 Å². The average Bonchev–Trinajstić information content (AvgIpc) is 3.57. The van der Waals surface area contributed by atoms with Gasteiger partial charge in [-0.1, -0.05) is 24.3 Å². The lowest BCUT2D eigenvalue weighted by Crippen LogP contribution is -2.57. The van der Waals surface area contributed by atoms with E-state index < -0.39 is 47.2 Å². The van der Waals surface area contributed by atoms with Gasteiger partial charge in [-0.05, 0) is 35.4 Å². The molecule has 0 radical (unpaired) electrons. The van der Waals surface area contributed by atoms with Crippen LogP contribution in [0.1, 0.15) is 22.9 Å². The van der Waals surface area contributed by atoms with Crippen molar-refractivity contribution in [1.82, 2.24) is 15.3 Å². The number of amides is 2. The van der Waals surface area contributed by atoms with Gasteiger partial charge in [0.2, 0.25) is 11.8 Å². The first-order valence-corrected chi connectivity index (χ1v) is 11.6. The maximum Gasteiger partial charge on any atom is 0.325 e. The van der Waals surface area contributed by atoms with Crippen LogP contribution in [-0.4, -0.2) is 56.6 Å². The molecule has 2 aliphatic rings. The fourth-order valence-electron chi connectivity index (χ4n) is 5.41. The highest BCUT2D eigenvalue weighted by molar-refractivity contribution is 6.24. The van der Waals surface area contributed by atoms with E-state index in [4.69, 9.17) is 9.84 Å². The van der Waals surface area contributed by atoms with Crippen molar-refractivity contribution in [2.75, 3.05) is 12.0 Å². The van der Waals surface area contributed by atoms with E-state index in [2.05, 4.69) is 15.3 Å². The van der Waals surface area contributed by atoms with E-state index >= 15 is 0 Å². The molecule has 1 aromatic heterocycles. The molecule has 2 aliphatic heterocycles. The van der Waals surface area contributed by atoms with Crippen molar-refractivity contribution in [3.8, 4) is 5.75 Å². The summed E-state index contributed by atoms with van der Waals surface area (Å²) in [6.07, 6.45) is 2.61. The molecule has 2 saturated heterocycles. The lowest BCUT2D eigenvalue weighted by molar-refractivity contribution is -0.148. The Hall–Kier alpha value is -4.51. The molecule has 4 atom stereocenters. The van der Waals surface area contributed by atoms with Crippen molar-refractivity contribution >= 4 is 29.4 Å². The molecule has 2 fully saturated rings. The zero-order valence-electron chi connectivity index (χ0n) is 19.7. The molecule has 0 aliphatic carbocycles. The number of hydrogen-bond donors (Lipinski definition) is 4. The Balaban J connectivity index is 1.59. The number of fused-ring (bicyclic) bond motifs is 1. The number of imide groups is 1. The number of hydrogen-bond acceptors (Lipinski definition) is 7. The van der Waals surface area contributed by atoms with Gasteiger partial charge in [0, 0.05) is 24.4 Å². The molecule has 3 aromatic rings. The maximum absolute atomic E-state index is 13.8. The summed E-state index contributed by atoms with van der Waals surface area (Å²) in [5, 5.41) is 22.7. The predicted molar refractivity (Wildman–Crippen MR) is 129 cm³/mol. The second kappa shape index (κ2) is 9.17. The fourth-order valence-corrected chi connectivity index (χ4v) is 5.41. The topological polar surface area (TPSA) is 162 Å². The number of aromatic amines is 1. The minimum atomic E-state index is -1.79. The van der Waals surface area contributed by atoms with Crippen LogP contribution < -0.4 is 15.0 Å². The number of carboxylic acids is 2. The Bertz CT molecular complexity index is 1350. The third-order valence-electron chi connectivity index (χ3n) is 7.08. The van der Waals surface area contributed by atoms with Gasteiger partial charge in [-0.3, -0.25) is 24.5 Å². The summed E-state index contributed by atoms with van der Waals surface area (Å²) in [6.45, 7) is 0. The van der Waals surface area contributed by atoms with Gasteiger partial charge in [-0.15, -0.1) is 0 Å². The van der Waals surface area contributed by atoms with Gasteiger partial charge in [0.15, 0.2) is 0 Å². The number of ether oxygens (including phenoxy) is 1. The SMILES string of the molecule is COc1ccc(C2NC(Cc3cnc[nH]3)(C(=O)O)[C@H]3C(=O)N(c4ccc(CC(=O)O)cc4)C(=O)[C@@H]23)cc1. The first-order chi connectivity index (χ1) is 17.7. The van der Waals surface area contributed by atoms with Gasteiger partial charge < -0.3 is 19.9 Å². The normalized spacial score (nSPS) is 24.8. The van der Waals surface area contributed by atoms with Gasteiger partial charge in [0.25, 0.3) is 0 Å². The molecule has 4 N–H and O–H groups in total. The number of nitrogens with one attached hydrogen (secondary N) is 2. The van der Waals surface area contributed by atoms with E-state index in [1.165, 1.54) is 43.9 Å². The largest absolute Gasteiger partial charge is 0.497 e. The Kier molecular flexibility index (Phi) is 6.00. The number of imidazole rings is 1. The number of anilines is 1. The number of aliphatic carboxylic acids is 2. The van der Waals surface area contributed by atoms with E-state index in [0.29, 0.717) is 22.6 Å². The van der Waals surface area contributed by atoms with Crippen LogP contribution in [0.4, 0.5) is 5.69 Å². The number of carboxylic acid groups (broad SMARTS) is 2. The van der Waals surface area contributed by atoms with E-state index in [1.807, 2.05) is 0 Å². The number of carbonyl (C=O) groups excluding carboxylic acids is 2. The van der Waals surface area contributed by atoms with E-state index in [-0.39, 0.29) is 18.5 Å². The molecule has 0 saturated carbocycles. The van der Waals surface area contributed by atoms with E-state index in [0.717, 1.165) is 4.90 Å². The minimum Gasteiger partial charge on any atom is -0.497 e. The van der Waals surface area contributed by atoms with Crippen LogP contribution in [0.3, 0.4) is 0 Å². The maximum atomic E-state index is 13.8. The first-order valence-electron chi connectivity index (χ1n) is 11.6. The number of H-pyrrole nitrogens is 1. The van der Waals surface area contributed by atoms with E-state index in [9.17, 15) is 24.3 Å². The van der Waals surface area contributed by atoms with Crippen molar-refractivity contribution < 1.29 is 34.1 Å². The molecule has 2 unspecified atom stereocenters. The zero-order valence-corrected chi connectivity index (χ0v) is 19.7. The molecule has 190 valence electrons. The average molecular weight is 504 g/mol. The third-order valence-corrected chi connectivity index (χ3v) is 7.08. The molecule has 11 heteroatoms. The van der Waals surface area contributed by atoms with Gasteiger partial charge in [0.1, 0.15) is 11.3 Å². The summed E-state index contributed by atoms with van der Waals surface area (Å²) >= 11 is 0. The molecule has 2 aromatic carbocycles. The van der Waals surface area contributed by atoms with Crippen molar-refractivity contribution in [2.45, 2.75) is 24.4 Å². The van der Waals surface area contributed by atoms with Crippen molar-refractivity contribution in [1.29, 1.82) is 0 Å². The highest BCUT2D eigenvalue weighted by Crippen LogP contribution is 2.51. The number of rotatable bonds is 8. The summed E-state index contributed by atoms with van der Waals surface area (Å²) in [5.41, 5.74) is 0.122. The summed E-state index contributed by atoms with van der Waals surface area (Å²) in [5.74, 6) is -5.02. The molecular formula is C26H24N4O7. The Morgan fingerprint density at radius 1 is 1.05 bits per heavy atom. The number of methoxy groups -OCH3 is 1. The minimum absolute atomic E-state index is 0.0967. The molecule has 11 nitrogen and oxygen atoms in total. The van der Waals surface area contributed by atoms with Crippen LogP contribution in [0, 0.1) is 11.8 Å². The van der Waals surface area contributed by atoms with Crippen LogP contribution in [0.5, 0.6) is 5.75 Å². The lowest BCUT2D eigenvalue weighted by atomic mass is 9.77. The van der Waals surface area contributed by atoms with Gasteiger partial charge in [-0.2, -0.15) is 0 Å². The van der Waals surface area contributed by atoms with Gasteiger partial charge in [-0.25, -0.2) is 9.88 Å². The Labute approximate surface area is 211 Å². The Morgan fingerprint density at radius 3 is 2.32 bits per heavy atom. The highest BCUT2D eigenvalue weighted by Gasteiger charge is 2.68. The van der Waals surface area contributed by atoms with Crippen LogP contribution in [0.25, 0.3) is 0 Å². The van der Waals surface area contributed by atoms with E-state index in [1.54, 1.807) is 24.3 Å². The summed E-state index contributed by atoms with van der Waals surface area (Å²) in [4.78, 5) is 59.4. The summed E-state index contributed by atoms with van der Waals surface area (Å²) in [7, 11) is 1.53. The standard InChI is InChI=1S/C26H24N4O7/c1-37-18-8-4-15(5-9-18)22-20-21(26(29-22,25(35)36)11-16-12-27-13-28-16)24(34)30(23(20)33)17-6-2-14(3-7-17)10-19(31)32/h2-9,12-13,20-22,29H,10-11H2,1H3,(H,27,28)(H,31,32)(H,35,36)/t20-,21-,22?,26?/m1/s1. The lowest BCUT2D eigenvalue weighted by Gasteiger charge is -2.31. The number of carbonyl (C=O) groups is 4. The second-order valence-electron chi connectivity index (χ2n) is 9.18. The fraction of sp³-hybridized carbons (Fsp3) is 0.269. The predicted octanol–water partition coefficient (Wildman–Crippen LogP) is 1.56. The van der Waals surface area contributed by atoms with Crippen molar-refractivity contribution in [2.24, 2.45) is 11.8 Å². The Morgan fingerprint density at radius 2 is 1.76 bits per heavy atom. The molecule has 0 spiro atoms. The first kappa shape index (κ1) is 24.2. The number of nitrogens with zero attached hydrogens (tertiary/aromatic N) is 2. The quantitative estimate of drug-likeness (QED) is 0.334. The van der Waals surface area contributed by atoms with Crippen LogP contribution in [0.15, 0.2) is 61.1 Å².